The second kappa shape index (κ2) is 13.6. The molecule has 0 atom stereocenters. The van der Waals surface area contributed by atoms with Gasteiger partial charge in [0.2, 0.25) is 5.89 Å². The van der Waals surface area contributed by atoms with E-state index in [1.54, 1.807) is 0 Å². The highest BCUT2D eigenvalue weighted by Gasteiger charge is 2.23. The van der Waals surface area contributed by atoms with Crippen LogP contribution >= 0.6 is 0 Å². The smallest absolute Gasteiger partial charge is 0.227 e. The quantitative estimate of drug-likeness (QED) is 0.164. The third kappa shape index (κ3) is 5.66. The summed E-state index contributed by atoms with van der Waals surface area (Å²) in [7, 11) is 0. The number of nitrogens with zero attached hydrogens (tertiary/aromatic N) is 2. The highest BCUT2D eigenvalue weighted by Crippen LogP contribution is 2.45. The molecule has 0 fully saturated rings. The molecule has 57 heavy (non-hydrogen) atoms. The number of fused-ring (bicyclic) bond motifs is 5. The van der Waals surface area contributed by atoms with Crippen molar-refractivity contribution in [2.75, 3.05) is 4.90 Å². The Balaban J connectivity index is 1.09. The second-order valence-corrected chi connectivity index (χ2v) is 14.3. The number of rotatable bonds is 7. The lowest BCUT2D eigenvalue weighted by Gasteiger charge is -2.28. The van der Waals surface area contributed by atoms with Crippen LogP contribution in [0.1, 0.15) is 0 Å². The zero-order valence-electron chi connectivity index (χ0n) is 30.8. The molecule has 0 unspecified atom stereocenters. The van der Waals surface area contributed by atoms with Crippen molar-refractivity contribution in [3.05, 3.63) is 206 Å². The van der Waals surface area contributed by atoms with Crippen LogP contribution in [0.5, 0.6) is 0 Å². The molecule has 2 heterocycles. The summed E-state index contributed by atoms with van der Waals surface area (Å²) in [5, 5.41) is 4.42. The Morgan fingerprint density at radius 1 is 0.368 bits per heavy atom. The van der Waals surface area contributed by atoms with Crippen LogP contribution in [0.2, 0.25) is 0 Å². The van der Waals surface area contributed by atoms with Gasteiger partial charge >= 0.3 is 0 Å². The maximum absolute atomic E-state index is 6.62. The molecule has 268 valence electrons. The van der Waals surface area contributed by atoms with Gasteiger partial charge in [0.1, 0.15) is 16.7 Å². The topological polar surface area (TPSA) is 42.4 Å². The van der Waals surface area contributed by atoms with E-state index in [1.165, 1.54) is 33.0 Å². The molecular weight excluding hydrogens is 697 g/mol. The van der Waals surface area contributed by atoms with Gasteiger partial charge < -0.3 is 13.7 Å². The predicted octanol–water partition coefficient (Wildman–Crippen LogP) is 15.0. The molecule has 11 aromatic rings. The highest BCUT2D eigenvalue weighted by atomic mass is 16.4. The lowest BCUT2D eigenvalue weighted by atomic mass is 9.96. The van der Waals surface area contributed by atoms with Gasteiger partial charge in [0.25, 0.3) is 0 Å². The molecule has 0 radical (unpaired) electrons. The fourth-order valence-electron chi connectivity index (χ4n) is 8.20. The summed E-state index contributed by atoms with van der Waals surface area (Å²) in [5.41, 5.74) is 13.8. The van der Waals surface area contributed by atoms with Crippen molar-refractivity contribution >= 4 is 60.9 Å². The van der Waals surface area contributed by atoms with Crippen LogP contribution in [0.4, 0.5) is 17.1 Å². The van der Waals surface area contributed by atoms with E-state index in [0.29, 0.717) is 11.5 Å². The van der Waals surface area contributed by atoms with Crippen LogP contribution in [0.3, 0.4) is 0 Å². The first-order valence-electron chi connectivity index (χ1n) is 19.2. The normalized spacial score (nSPS) is 11.5. The minimum atomic E-state index is 0.580. The first-order chi connectivity index (χ1) is 28.3. The summed E-state index contributed by atoms with van der Waals surface area (Å²) in [6.07, 6.45) is 0. The zero-order chi connectivity index (χ0) is 37.7. The number of anilines is 3. The molecule has 0 aliphatic rings. The van der Waals surface area contributed by atoms with Gasteiger partial charge in [-0.05, 0) is 87.8 Å². The van der Waals surface area contributed by atoms with E-state index in [-0.39, 0.29) is 0 Å². The van der Waals surface area contributed by atoms with Crippen molar-refractivity contribution in [2.45, 2.75) is 0 Å². The van der Waals surface area contributed by atoms with Crippen LogP contribution in [-0.2, 0) is 0 Å². The summed E-state index contributed by atoms with van der Waals surface area (Å²) in [6, 6.07) is 72.2. The Morgan fingerprint density at radius 2 is 0.912 bits per heavy atom. The highest BCUT2D eigenvalue weighted by molar-refractivity contribution is 6.16. The Kier molecular flexibility index (Phi) is 7.78. The van der Waals surface area contributed by atoms with E-state index in [1.807, 2.05) is 48.5 Å². The summed E-state index contributed by atoms with van der Waals surface area (Å²) in [5.74, 6) is 0.580. The average Bonchev–Trinajstić information content (AvgIpc) is 3.89. The third-order valence-electron chi connectivity index (χ3n) is 10.9. The van der Waals surface area contributed by atoms with E-state index in [0.717, 1.165) is 61.2 Å². The first-order valence-corrected chi connectivity index (χ1v) is 19.2. The molecular formula is C53H34N2O2. The van der Waals surface area contributed by atoms with Crippen molar-refractivity contribution in [1.82, 2.24) is 4.98 Å². The Morgan fingerprint density at radius 3 is 1.60 bits per heavy atom. The Bertz CT molecular complexity index is 3200. The minimum absolute atomic E-state index is 0.580. The Hall–Kier alpha value is -7.69. The van der Waals surface area contributed by atoms with Gasteiger partial charge in [-0.3, -0.25) is 0 Å². The molecule has 11 rings (SSSR count). The average molecular weight is 731 g/mol. The van der Waals surface area contributed by atoms with Gasteiger partial charge in [-0.1, -0.05) is 152 Å². The maximum atomic E-state index is 6.62. The van der Waals surface area contributed by atoms with Crippen LogP contribution in [0.25, 0.3) is 88.6 Å². The fourth-order valence-corrected chi connectivity index (χ4v) is 8.20. The molecule has 0 N–H and O–H groups in total. The van der Waals surface area contributed by atoms with Gasteiger partial charge in [0.15, 0.2) is 5.58 Å². The van der Waals surface area contributed by atoms with Gasteiger partial charge in [-0.25, -0.2) is 4.98 Å². The van der Waals surface area contributed by atoms with Crippen molar-refractivity contribution < 1.29 is 8.83 Å². The maximum Gasteiger partial charge on any atom is 0.227 e. The van der Waals surface area contributed by atoms with Crippen molar-refractivity contribution in [3.63, 3.8) is 0 Å². The van der Waals surface area contributed by atoms with Crippen molar-refractivity contribution in [3.8, 4) is 44.8 Å². The summed E-state index contributed by atoms with van der Waals surface area (Å²) in [4.78, 5) is 7.36. The number of hydrogen-bond acceptors (Lipinski definition) is 4. The minimum Gasteiger partial charge on any atom is -0.455 e. The van der Waals surface area contributed by atoms with Gasteiger partial charge in [0, 0.05) is 33.1 Å². The number of benzene rings is 9. The number of para-hydroxylation sites is 1. The van der Waals surface area contributed by atoms with Crippen LogP contribution in [-0.4, -0.2) is 4.98 Å². The number of furan rings is 1. The summed E-state index contributed by atoms with van der Waals surface area (Å²) < 4.78 is 13.2. The van der Waals surface area contributed by atoms with Crippen LogP contribution in [0.15, 0.2) is 215 Å². The van der Waals surface area contributed by atoms with E-state index in [4.69, 9.17) is 13.8 Å². The van der Waals surface area contributed by atoms with Gasteiger partial charge in [-0.15, -0.1) is 0 Å². The van der Waals surface area contributed by atoms with Crippen molar-refractivity contribution in [2.24, 2.45) is 0 Å². The molecule has 0 bridgehead atoms. The number of aromatic nitrogens is 1. The SMILES string of the molecule is c1ccc(-c2ccc(N(c3ccc(-c4c5oc(-c6ccccc6)nc5cc5c4oc4ccccc45)cc3)c3ccc(-c4ccccc4)c4ccccc34)cc2)cc1. The second-order valence-electron chi connectivity index (χ2n) is 14.3. The molecule has 0 spiro atoms. The Labute approximate surface area is 329 Å². The first kappa shape index (κ1) is 32.7. The van der Waals surface area contributed by atoms with Crippen LogP contribution in [0, 0.1) is 0 Å². The van der Waals surface area contributed by atoms with Crippen LogP contribution < -0.4 is 4.90 Å². The molecule has 2 aromatic heterocycles. The monoisotopic (exact) mass is 730 g/mol. The summed E-state index contributed by atoms with van der Waals surface area (Å²) in [6.45, 7) is 0. The number of hydrogen-bond donors (Lipinski definition) is 0. The van der Waals surface area contributed by atoms with Gasteiger partial charge in [0.05, 0.1) is 11.3 Å². The van der Waals surface area contributed by atoms with Gasteiger partial charge in [-0.2, -0.15) is 0 Å². The predicted molar refractivity (Wildman–Crippen MR) is 235 cm³/mol. The fraction of sp³-hybridized carbons (Fsp3) is 0. The van der Waals surface area contributed by atoms with Crippen molar-refractivity contribution in [1.29, 1.82) is 0 Å². The van der Waals surface area contributed by atoms with E-state index >= 15 is 0 Å². The molecule has 0 aliphatic carbocycles. The molecule has 4 nitrogen and oxygen atoms in total. The standard InChI is InChI=1S/C53H34N2O2/c1-4-14-35(15-5-1)36-24-28-40(29-25-36)55(48-33-32-42(37-16-6-2-7-17-37)43-20-10-11-21-44(43)48)41-30-26-38(27-31-41)50-51-46(45-22-12-13-23-49(45)56-51)34-47-52(50)57-53(54-47)39-18-8-3-9-19-39/h1-34H. The zero-order valence-corrected chi connectivity index (χ0v) is 30.8. The van der Waals surface area contributed by atoms with E-state index < -0.39 is 0 Å². The largest absolute Gasteiger partial charge is 0.455 e. The summed E-state index contributed by atoms with van der Waals surface area (Å²) >= 11 is 0. The lowest BCUT2D eigenvalue weighted by molar-refractivity contribution is 0.619. The number of oxazole rings is 1. The third-order valence-corrected chi connectivity index (χ3v) is 10.9. The molecule has 4 heteroatoms. The molecule has 0 saturated heterocycles. The molecule has 9 aromatic carbocycles. The molecule has 0 aliphatic heterocycles. The van der Waals surface area contributed by atoms with E-state index in [9.17, 15) is 0 Å². The lowest BCUT2D eigenvalue weighted by Crippen LogP contribution is -2.10. The molecule has 0 amide bonds. The van der Waals surface area contributed by atoms with E-state index in [2.05, 4.69) is 163 Å². The molecule has 0 saturated carbocycles.